The van der Waals surface area contributed by atoms with E-state index in [0.29, 0.717) is 6.04 Å². The minimum absolute atomic E-state index is 0.493. The van der Waals surface area contributed by atoms with Crippen LogP contribution in [0.5, 0.6) is 0 Å². The van der Waals surface area contributed by atoms with E-state index in [1.165, 1.54) is 23.1 Å². The van der Waals surface area contributed by atoms with Gasteiger partial charge in [-0.2, -0.15) is 0 Å². The zero-order chi connectivity index (χ0) is 15.1. The van der Waals surface area contributed by atoms with Gasteiger partial charge in [0.2, 0.25) is 0 Å². The van der Waals surface area contributed by atoms with E-state index in [-0.39, 0.29) is 0 Å². The Morgan fingerprint density at radius 2 is 1.71 bits per heavy atom. The summed E-state index contributed by atoms with van der Waals surface area (Å²) in [4.78, 5) is 0. The molecule has 0 bridgehead atoms. The Morgan fingerprint density at radius 3 is 2.38 bits per heavy atom. The van der Waals surface area contributed by atoms with Crippen molar-refractivity contribution in [3.63, 3.8) is 0 Å². The molecule has 21 heavy (non-hydrogen) atoms. The summed E-state index contributed by atoms with van der Waals surface area (Å²) in [5.41, 5.74) is 4.22. The molecule has 0 amide bonds. The van der Waals surface area contributed by atoms with Crippen LogP contribution in [0.25, 0.3) is 0 Å². The first-order chi connectivity index (χ1) is 10.2. The van der Waals surface area contributed by atoms with Crippen molar-refractivity contribution in [2.24, 2.45) is 0 Å². The smallest absolute Gasteiger partial charge is 0.0175 e. The third-order valence-corrected chi connectivity index (χ3v) is 4.33. The summed E-state index contributed by atoms with van der Waals surface area (Å²) in [6, 6.07) is 17.9. The van der Waals surface area contributed by atoms with Crippen molar-refractivity contribution in [3.05, 3.63) is 69.7 Å². The Morgan fingerprint density at radius 1 is 1.00 bits per heavy atom. The lowest BCUT2D eigenvalue weighted by molar-refractivity contribution is 0.504. The number of aryl methyl sites for hydroxylation is 1. The van der Waals surface area contributed by atoms with Gasteiger partial charge in [0.15, 0.2) is 0 Å². The van der Waals surface area contributed by atoms with E-state index >= 15 is 0 Å². The van der Waals surface area contributed by atoms with Gasteiger partial charge in [-0.25, -0.2) is 0 Å². The normalized spacial score (nSPS) is 12.3. The molecule has 0 aliphatic carbocycles. The molecule has 0 aromatic heterocycles. The molecule has 0 heterocycles. The highest BCUT2D eigenvalue weighted by molar-refractivity contribution is 9.10. The molecule has 0 fully saturated rings. The summed E-state index contributed by atoms with van der Waals surface area (Å²) in [7, 11) is 0. The van der Waals surface area contributed by atoms with Crippen molar-refractivity contribution in [2.45, 2.75) is 39.2 Å². The van der Waals surface area contributed by atoms with Crippen molar-refractivity contribution in [3.8, 4) is 0 Å². The number of nitrogens with one attached hydrogen (secondary N) is 1. The van der Waals surface area contributed by atoms with Crippen LogP contribution < -0.4 is 5.32 Å². The fourth-order valence-corrected chi connectivity index (χ4v) is 2.84. The van der Waals surface area contributed by atoms with Crippen LogP contribution in [0.3, 0.4) is 0 Å². The first-order valence-electron chi connectivity index (χ1n) is 7.71. The molecule has 1 atom stereocenters. The van der Waals surface area contributed by atoms with E-state index in [2.05, 4.69) is 83.6 Å². The molecular weight excluding hydrogens is 322 g/mol. The summed E-state index contributed by atoms with van der Waals surface area (Å²) < 4.78 is 1.14. The van der Waals surface area contributed by atoms with E-state index in [4.69, 9.17) is 0 Å². The average Bonchev–Trinajstić information content (AvgIpc) is 2.49. The van der Waals surface area contributed by atoms with Crippen LogP contribution in [0, 0.1) is 6.92 Å². The molecule has 2 rings (SSSR count). The van der Waals surface area contributed by atoms with Gasteiger partial charge < -0.3 is 5.32 Å². The molecule has 2 aromatic carbocycles. The van der Waals surface area contributed by atoms with E-state index in [0.717, 1.165) is 23.9 Å². The maximum atomic E-state index is 3.70. The summed E-state index contributed by atoms with van der Waals surface area (Å²) in [6.45, 7) is 5.50. The molecule has 0 radical (unpaired) electrons. The molecule has 1 N–H and O–H groups in total. The molecular formula is C19H24BrN. The number of benzene rings is 2. The quantitative estimate of drug-likeness (QED) is 0.751. The van der Waals surface area contributed by atoms with Crippen molar-refractivity contribution < 1.29 is 0 Å². The zero-order valence-corrected chi connectivity index (χ0v) is 14.5. The molecule has 0 saturated carbocycles. The largest absolute Gasteiger partial charge is 0.313 e. The lowest BCUT2D eigenvalue weighted by atomic mass is 9.96. The topological polar surface area (TPSA) is 12.0 Å². The maximum Gasteiger partial charge on any atom is 0.0175 e. The third-order valence-electron chi connectivity index (χ3n) is 3.81. The van der Waals surface area contributed by atoms with E-state index in [1.54, 1.807) is 0 Å². The standard InChI is InChI=1S/C19H24BrN/c1-3-12-21-19(13-16-8-10-18(20)11-9-16)14-17-7-5-4-6-15(17)2/h4-11,19,21H,3,12-14H2,1-2H3. The second kappa shape index (κ2) is 8.35. The van der Waals surface area contributed by atoms with Crippen molar-refractivity contribution in [1.29, 1.82) is 0 Å². The molecule has 1 unspecified atom stereocenters. The zero-order valence-electron chi connectivity index (χ0n) is 12.9. The van der Waals surface area contributed by atoms with Crippen LogP contribution >= 0.6 is 15.9 Å². The molecule has 2 aromatic rings. The molecule has 0 spiro atoms. The second-order valence-electron chi connectivity index (χ2n) is 5.61. The molecule has 2 heteroatoms. The number of hydrogen-bond donors (Lipinski definition) is 1. The Bertz CT molecular complexity index is 548. The lowest BCUT2D eigenvalue weighted by Crippen LogP contribution is -2.34. The van der Waals surface area contributed by atoms with Gasteiger partial charge in [-0.1, -0.05) is 59.3 Å². The average molecular weight is 346 g/mol. The van der Waals surface area contributed by atoms with Gasteiger partial charge in [0.05, 0.1) is 0 Å². The van der Waals surface area contributed by atoms with Gasteiger partial charge in [-0.3, -0.25) is 0 Å². The summed E-state index contributed by atoms with van der Waals surface area (Å²) in [5.74, 6) is 0. The van der Waals surface area contributed by atoms with Crippen molar-refractivity contribution in [1.82, 2.24) is 5.32 Å². The first kappa shape index (κ1) is 16.3. The van der Waals surface area contributed by atoms with Crippen LogP contribution in [-0.2, 0) is 12.8 Å². The second-order valence-corrected chi connectivity index (χ2v) is 6.53. The Balaban J connectivity index is 2.07. The van der Waals surface area contributed by atoms with Gasteiger partial charge in [0.1, 0.15) is 0 Å². The SMILES string of the molecule is CCCNC(Cc1ccc(Br)cc1)Cc1ccccc1C. The summed E-state index contributed by atoms with van der Waals surface area (Å²) in [6.07, 6.45) is 3.33. The van der Waals surface area contributed by atoms with Gasteiger partial charge in [0, 0.05) is 10.5 Å². The maximum absolute atomic E-state index is 3.70. The Kier molecular flexibility index (Phi) is 6.47. The number of hydrogen-bond acceptors (Lipinski definition) is 1. The van der Waals surface area contributed by atoms with E-state index < -0.39 is 0 Å². The Labute approximate surface area is 136 Å². The van der Waals surface area contributed by atoms with Gasteiger partial charge in [-0.15, -0.1) is 0 Å². The minimum atomic E-state index is 0.493. The lowest BCUT2D eigenvalue weighted by Gasteiger charge is -2.20. The van der Waals surface area contributed by atoms with E-state index in [1.807, 2.05) is 0 Å². The van der Waals surface area contributed by atoms with Crippen LogP contribution in [0.15, 0.2) is 53.0 Å². The first-order valence-corrected chi connectivity index (χ1v) is 8.50. The highest BCUT2D eigenvalue weighted by Crippen LogP contribution is 2.15. The fraction of sp³-hybridized carbons (Fsp3) is 0.368. The third kappa shape index (κ3) is 5.29. The summed E-state index contributed by atoms with van der Waals surface area (Å²) >= 11 is 3.50. The number of rotatable bonds is 7. The highest BCUT2D eigenvalue weighted by Gasteiger charge is 2.11. The van der Waals surface area contributed by atoms with Crippen LogP contribution in [0.2, 0.25) is 0 Å². The molecule has 0 aliphatic heterocycles. The Hall–Kier alpha value is -1.12. The summed E-state index contributed by atoms with van der Waals surface area (Å²) in [5, 5.41) is 3.70. The number of halogens is 1. The fourth-order valence-electron chi connectivity index (χ4n) is 2.57. The monoisotopic (exact) mass is 345 g/mol. The predicted octanol–water partition coefficient (Wildman–Crippen LogP) is 4.91. The molecule has 0 saturated heterocycles. The van der Waals surface area contributed by atoms with Crippen LogP contribution in [0.4, 0.5) is 0 Å². The molecule has 0 aliphatic rings. The predicted molar refractivity (Wildman–Crippen MR) is 94.8 cm³/mol. The van der Waals surface area contributed by atoms with Gasteiger partial charge in [0.25, 0.3) is 0 Å². The van der Waals surface area contributed by atoms with Crippen molar-refractivity contribution >= 4 is 15.9 Å². The van der Waals surface area contributed by atoms with Crippen LogP contribution in [0.1, 0.15) is 30.0 Å². The highest BCUT2D eigenvalue weighted by atomic mass is 79.9. The minimum Gasteiger partial charge on any atom is -0.313 e. The van der Waals surface area contributed by atoms with E-state index in [9.17, 15) is 0 Å². The van der Waals surface area contributed by atoms with Crippen LogP contribution in [-0.4, -0.2) is 12.6 Å². The van der Waals surface area contributed by atoms with Gasteiger partial charge in [-0.05, 0) is 61.6 Å². The molecule has 112 valence electrons. The molecule has 1 nitrogen and oxygen atoms in total. The van der Waals surface area contributed by atoms with Crippen molar-refractivity contribution in [2.75, 3.05) is 6.54 Å². The van der Waals surface area contributed by atoms with Gasteiger partial charge >= 0.3 is 0 Å².